The highest BCUT2D eigenvalue weighted by Crippen LogP contribution is 2.36. The molecule has 0 spiro atoms. The van der Waals surface area contributed by atoms with Crippen molar-refractivity contribution in [1.82, 2.24) is 9.21 Å². The molecule has 3 aromatic carbocycles. The molecule has 0 amide bonds. The molecular formula is C25H27N3O5S2. The SMILES string of the molecule is COc1ccc(C2N(/C(C)=N/S(=O)(=O)c3ccc(C)cc3)CCN2S(=O)(=O)c2ccccc2)cc1. The van der Waals surface area contributed by atoms with Crippen LogP contribution in [0.2, 0.25) is 0 Å². The van der Waals surface area contributed by atoms with Crippen molar-refractivity contribution in [3.8, 4) is 5.75 Å². The molecule has 1 saturated heterocycles. The number of methoxy groups -OCH3 is 1. The second kappa shape index (κ2) is 9.80. The van der Waals surface area contributed by atoms with E-state index < -0.39 is 26.2 Å². The summed E-state index contributed by atoms with van der Waals surface area (Å²) in [6, 6.07) is 21.7. The second-order valence-electron chi connectivity index (χ2n) is 8.20. The van der Waals surface area contributed by atoms with Gasteiger partial charge in [-0.25, -0.2) is 8.42 Å². The van der Waals surface area contributed by atoms with Crippen molar-refractivity contribution in [3.05, 3.63) is 90.0 Å². The Labute approximate surface area is 206 Å². The van der Waals surface area contributed by atoms with Crippen LogP contribution in [-0.2, 0) is 20.0 Å². The zero-order valence-corrected chi connectivity index (χ0v) is 21.3. The molecule has 3 aromatic rings. The van der Waals surface area contributed by atoms with Crippen molar-refractivity contribution in [3.63, 3.8) is 0 Å². The molecule has 1 aliphatic rings. The number of sulfonamides is 2. The average molecular weight is 514 g/mol. The molecule has 35 heavy (non-hydrogen) atoms. The van der Waals surface area contributed by atoms with Crippen molar-refractivity contribution in [2.75, 3.05) is 20.2 Å². The van der Waals surface area contributed by atoms with E-state index in [1.165, 1.54) is 16.4 Å². The fourth-order valence-corrected chi connectivity index (χ4v) is 6.67. The molecule has 184 valence electrons. The number of hydrogen-bond acceptors (Lipinski definition) is 5. The Bertz CT molecular complexity index is 1420. The average Bonchev–Trinajstić information content (AvgIpc) is 3.31. The minimum Gasteiger partial charge on any atom is -0.497 e. The minimum absolute atomic E-state index is 0.0800. The van der Waals surface area contributed by atoms with Crippen LogP contribution in [0.25, 0.3) is 0 Å². The van der Waals surface area contributed by atoms with E-state index in [4.69, 9.17) is 4.74 Å². The highest BCUT2D eigenvalue weighted by molar-refractivity contribution is 7.90. The summed E-state index contributed by atoms with van der Waals surface area (Å²) < 4.78 is 63.8. The number of hydrogen-bond donors (Lipinski definition) is 0. The van der Waals surface area contributed by atoms with Crippen LogP contribution in [0.4, 0.5) is 0 Å². The molecule has 8 nitrogen and oxygen atoms in total. The van der Waals surface area contributed by atoms with Gasteiger partial charge in [-0.2, -0.15) is 12.7 Å². The number of amidine groups is 1. The van der Waals surface area contributed by atoms with Crippen LogP contribution in [0, 0.1) is 6.92 Å². The van der Waals surface area contributed by atoms with E-state index in [0.29, 0.717) is 11.3 Å². The van der Waals surface area contributed by atoms with Gasteiger partial charge in [0.1, 0.15) is 17.8 Å². The van der Waals surface area contributed by atoms with Gasteiger partial charge in [-0.3, -0.25) is 0 Å². The maximum Gasteiger partial charge on any atom is 0.283 e. The molecule has 0 aliphatic carbocycles. The Morgan fingerprint density at radius 3 is 2.09 bits per heavy atom. The van der Waals surface area contributed by atoms with Crippen molar-refractivity contribution in [2.24, 2.45) is 4.40 Å². The van der Waals surface area contributed by atoms with Crippen LogP contribution in [-0.4, -0.2) is 52.1 Å². The van der Waals surface area contributed by atoms with Crippen molar-refractivity contribution >= 4 is 25.9 Å². The molecule has 1 aliphatic heterocycles. The van der Waals surface area contributed by atoms with Gasteiger partial charge in [0.25, 0.3) is 10.0 Å². The van der Waals surface area contributed by atoms with Crippen molar-refractivity contribution < 1.29 is 21.6 Å². The standard InChI is InChI=1S/C25H27N3O5S2/c1-19-9-15-23(16-10-19)34(29,30)26-20(2)27-17-18-28(35(31,32)24-7-5-4-6-8-24)25(27)21-11-13-22(33-3)14-12-21/h4-16,25H,17-18H2,1-3H3/b26-20+. The summed E-state index contributed by atoms with van der Waals surface area (Å²) in [4.78, 5) is 1.95. The number of ether oxygens (including phenoxy) is 1. The Kier molecular flexibility index (Phi) is 6.98. The molecule has 0 N–H and O–H groups in total. The lowest BCUT2D eigenvalue weighted by Crippen LogP contribution is -2.37. The van der Waals surface area contributed by atoms with Crippen LogP contribution in [0.15, 0.2) is 93.1 Å². The quantitative estimate of drug-likeness (QED) is 0.367. The van der Waals surface area contributed by atoms with Crippen molar-refractivity contribution in [2.45, 2.75) is 29.8 Å². The van der Waals surface area contributed by atoms with Gasteiger partial charge in [0.2, 0.25) is 10.0 Å². The smallest absolute Gasteiger partial charge is 0.283 e. The summed E-state index contributed by atoms with van der Waals surface area (Å²) >= 11 is 0. The van der Waals surface area contributed by atoms with Gasteiger partial charge in [-0.1, -0.05) is 48.0 Å². The van der Waals surface area contributed by atoms with Gasteiger partial charge in [-0.05, 0) is 55.8 Å². The Balaban J connectivity index is 1.76. The fraction of sp³-hybridized carbons (Fsp3) is 0.240. The van der Waals surface area contributed by atoms with Crippen LogP contribution in [0.1, 0.15) is 24.2 Å². The zero-order chi connectivity index (χ0) is 25.2. The van der Waals surface area contributed by atoms with Gasteiger partial charge in [0.05, 0.1) is 16.9 Å². The third kappa shape index (κ3) is 5.09. The largest absolute Gasteiger partial charge is 0.497 e. The lowest BCUT2D eigenvalue weighted by molar-refractivity contribution is 0.284. The van der Waals surface area contributed by atoms with Gasteiger partial charge in [0.15, 0.2) is 0 Å². The fourth-order valence-electron chi connectivity index (χ4n) is 4.04. The van der Waals surface area contributed by atoms with E-state index in [-0.39, 0.29) is 28.7 Å². The van der Waals surface area contributed by atoms with Crippen molar-refractivity contribution in [1.29, 1.82) is 0 Å². The second-order valence-corrected chi connectivity index (χ2v) is 11.7. The van der Waals surface area contributed by atoms with E-state index in [0.717, 1.165) is 5.56 Å². The number of aryl methyl sites for hydroxylation is 1. The monoisotopic (exact) mass is 513 g/mol. The molecule has 0 radical (unpaired) electrons. The predicted octanol–water partition coefficient (Wildman–Crippen LogP) is 3.82. The molecule has 1 heterocycles. The molecular weight excluding hydrogens is 486 g/mol. The van der Waals surface area contributed by atoms with E-state index in [1.54, 1.807) is 85.7 Å². The maximum absolute atomic E-state index is 13.6. The first-order valence-corrected chi connectivity index (χ1v) is 13.9. The third-order valence-electron chi connectivity index (χ3n) is 5.88. The molecule has 0 saturated carbocycles. The molecule has 10 heteroatoms. The zero-order valence-electron chi connectivity index (χ0n) is 19.7. The molecule has 1 fully saturated rings. The van der Waals surface area contributed by atoms with Crippen LogP contribution < -0.4 is 4.74 Å². The summed E-state index contributed by atoms with van der Waals surface area (Å²) in [5, 5.41) is 0. The van der Waals surface area contributed by atoms with E-state index in [2.05, 4.69) is 4.40 Å². The Hall–Kier alpha value is -3.21. The summed E-state index contributed by atoms with van der Waals surface area (Å²) in [6.45, 7) is 3.91. The number of rotatable bonds is 6. The summed E-state index contributed by atoms with van der Waals surface area (Å²) in [6.07, 6.45) is -0.775. The molecule has 1 atom stereocenters. The Morgan fingerprint density at radius 2 is 1.49 bits per heavy atom. The summed E-state index contributed by atoms with van der Waals surface area (Å²) in [7, 11) is -6.29. The van der Waals surface area contributed by atoms with E-state index in [9.17, 15) is 16.8 Å². The lowest BCUT2D eigenvalue weighted by atomic mass is 10.1. The Morgan fingerprint density at radius 1 is 0.857 bits per heavy atom. The predicted molar refractivity (Wildman–Crippen MR) is 134 cm³/mol. The topological polar surface area (TPSA) is 96.3 Å². The van der Waals surface area contributed by atoms with Crippen LogP contribution in [0.3, 0.4) is 0 Å². The molecule has 0 bridgehead atoms. The van der Waals surface area contributed by atoms with Gasteiger partial charge in [-0.15, -0.1) is 4.40 Å². The minimum atomic E-state index is -3.98. The number of benzene rings is 3. The summed E-state index contributed by atoms with van der Waals surface area (Å²) in [5.41, 5.74) is 1.61. The number of nitrogens with zero attached hydrogens (tertiary/aromatic N) is 3. The van der Waals surface area contributed by atoms with Crippen LogP contribution in [0.5, 0.6) is 5.75 Å². The molecule has 4 rings (SSSR count). The molecule has 1 unspecified atom stereocenters. The highest BCUT2D eigenvalue weighted by Gasteiger charge is 2.42. The lowest BCUT2D eigenvalue weighted by Gasteiger charge is -2.31. The van der Waals surface area contributed by atoms with Gasteiger partial charge < -0.3 is 9.64 Å². The first-order chi connectivity index (χ1) is 16.6. The summed E-state index contributed by atoms with van der Waals surface area (Å²) in [5.74, 6) is 0.834. The first-order valence-electron chi connectivity index (χ1n) is 11.0. The van der Waals surface area contributed by atoms with E-state index in [1.807, 2.05) is 6.92 Å². The maximum atomic E-state index is 13.6. The normalized spacial score (nSPS) is 17.5. The molecule has 0 aromatic heterocycles. The van der Waals surface area contributed by atoms with Crippen LogP contribution >= 0.6 is 0 Å². The first kappa shape index (κ1) is 24.9. The van der Waals surface area contributed by atoms with E-state index >= 15 is 0 Å². The van der Waals surface area contributed by atoms with Gasteiger partial charge >= 0.3 is 0 Å². The third-order valence-corrected chi connectivity index (χ3v) is 9.12. The van der Waals surface area contributed by atoms with Gasteiger partial charge in [0, 0.05) is 13.1 Å². The highest BCUT2D eigenvalue weighted by atomic mass is 32.2.